The highest BCUT2D eigenvalue weighted by Crippen LogP contribution is 2.39. The van der Waals surface area contributed by atoms with Gasteiger partial charge >= 0.3 is 0 Å². The molecule has 1 aliphatic rings. The van der Waals surface area contributed by atoms with Crippen molar-refractivity contribution in [1.82, 2.24) is 14.1 Å². The van der Waals surface area contributed by atoms with Gasteiger partial charge in [-0.15, -0.1) is 11.3 Å². The van der Waals surface area contributed by atoms with Gasteiger partial charge in [0, 0.05) is 54.8 Å². The summed E-state index contributed by atoms with van der Waals surface area (Å²) in [7, 11) is 0. The second kappa shape index (κ2) is 7.92. The number of para-hydroxylation sites is 3. The predicted molar refractivity (Wildman–Crippen MR) is 166 cm³/mol. The predicted octanol–water partition coefficient (Wildman–Crippen LogP) is 9.45. The van der Waals surface area contributed by atoms with Crippen LogP contribution in [0.4, 0.5) is 0 Å². The summed E-state index contributed by atoms with van der Waals surface area (Å²) in [4.78, 5) is 5.00. The molecule has 0 N–H and O–H groups in total. The molecule has 0 saturated heterocycles. The molecule has 0 spiro atoms. The summed E-state index contributed by atoms with van der Waals surface area (Å²) >= 11 is 1.82. The number of aromatic nitrogens is 3. The fourth-order valence-corrected chi connectivity index (χ4v) is 7.59. The van der Waals surface area contributed by atoms with Crippen LogP contribution in [0.25, 0.3) is 70.5 Å². The van der Waals surface area contributed by atoms with Gasteiger partial charge in [-0.2, -0.15) is 0 Å². The molecule has 184 valence electrons. The lowest BCUT2D eigenvalue weighted by Gasteiger charge is -2.12. The van der Waals surface area contributed by atoms with E-state index in [2.05, 4.69) is 125 Å². The minimum atomic E-state index is 0.997. The highest BCUT2D eigenvalue weighted by Gasteiger charge is 2.20. The van der Waals surface area contributed by atoms with E-state index in [-0.39, 0.29) is 0 Å². The van der Waals surface area contributed by atoms with E-state index in [1.165, 1.54) is 69.8 Å². The van der Waals surface area contributed by atoms with Gasteiger partial charge in [-0.3, -0.25) is 4.57 Å². The van der Waals surface area contributed by atoms with E-state index < -0.39 is 0 Å². The van der Waals surface area contributed by atoms with E-state index in [0.717, 1.165) is 18.7 Å². The number of pyridine rings is 1. The first-order chi connectivity index (χ1) is 19.3. The van der Waals surface area contributed by atoms with Crippen LogP contribution in [0, 0.1) is 0 Å². The monoisotopic (exact) mass is 517 g/mol. The zero-order valence-electron chi connectivity index (χ0n) is 21.1. The average Bonchev–Trinajstić information content (AvgIpc) is 3.64. The third-order valence-electron chi connectivity index (χ3n) is 8.24. The van der Waals surface area contributed by atoms with Crippen LogP contribution >= 0.6 is 11.3 Å². The van der Waals surface area contributed by atoms with Gasteiger partial charge in [0.25, 0.3) is 0 Å². The molecule has 0 saturated carbocycles. The summed E-state index contributed by atoms with van der Waals surface area (Å²) in [6.45, 7) is 0. The summed E-state index contributed by atoms with van der Waals surface area (Å²) in [5, 5.41) is 6.42. The van der Waals surface area contributed by atoms with Crippen molar-refractivity contribution in [1.29, 1.82) is 0 Å². The fraction of sp³-hybridized carbons (Fsp3) is 0.0571. The van der Waals surface area contributed by atoms with Gasteiger partial charge in [0.15, 0.2) is 0 Å². The van der Waals surface area contributed by atoms with Crippen molar-refractivity contribution in [2.24, 2.45) is 0 Å². The van der Waals surface area contributed by atoms with Crippen molar-refractivity contribution in [3.8, 4) is 11.5 Å². The minimum absolute atomic E-state index is 0.997. The number of rotatable bonds is 2. The molecule has 39 heavy (non-hydrogen) atoms. The second-order valence-electron chi connectivity index (χ2n) is 10.3. The maximum atomic E-state index is 5.00. The highest BCUT2D eigenvalue weighted by atomic mass is 32.1. The molecule has 0 fully saturated rings. The molecule has 0 atom stereocenters. The molecular formula is C35H23N3S. The summed E-state index contributed by atoms with van der Waals surface area (Å²) in [5.41, 5.74) is 7.58. The van der Waals surface area contributed by atoms with Crippen molar-refractivity contribution in [3.05, 3.63) is 121 Å². The molecule has 4 aromatic heterocycles. The number of hydrogen-bond acceptors (Lipinski definition) is 2. The normalized spacial score (nSPS) is 13.3. The molecule has 4 aromatic carbocycles. The molecular weight excluding hydrogens is 494 g/mol. The Labute approximate surface area is 228 Å². The third-order valence-corrected chi connectivity index (χ3v) is 9.36. The van der Waals surface area contributed by atoms with Crippen LogP contribution in [0.1, 0.15) is 17.7 Å². The Bertz CT molecular complexity index is 2240. The lowest BCUT2D eigenvalue weighted by Crippen LogP contribution is -2.04. The zero-order chi connectivity index (χ0) is 25.5. The first-order valence-electron chi connectivity index (χ1n) is 13.5. The SMILES string of the molecule is C1=Cc2c(n(-c3cc4c(cn3)sc3ccc(-n5c6ccccc6c6ccccc65)cc34)c3ccccc23)CC1. The topological polar surface area (TPSA) is 22.8 Å². The Kier molecular flexibility index (Phi) is 4.32. The van der Waals surface area contributed by atoms with E-state index in [1.54, 1.807) is 0 Å². The number of thiophene rings is 1. The molecule has 0 bridgehead atoms. The lowest BCUT2D eigenvalue weighted by atomic mass is 10.0. The van der Waals surface area contributed by atoms with E-state index in [4.69, 9.17) is 4.98 Å². The van der Waals surface area contributed by atoms with Crippen LogP contribution in [-0.2, 0) is 6.42 Å². The standard InChI is InChI=1S/C35H23N3S/c1-5-13-29-23(9-1)24-10-2-6-14-30(24)37(29)22-17-18-33-27(19-22)28-20-35(36-21-34(28)39-33)38-31-15-7-3-11-25(31)26-12-4-8-16-32(26)38/h1-7,9-15,17-21H,8,16H2. The van der Waals surface area contributed by atoms with E-state index in [9.17, 15) is 0 Å². The minimum Gasteiger partial charge on any atom is -0.309 e. The Morgan fingerprint density at radius 3 is 2.05 bits per heavy atom. The van der Waals surface area contributed by atoms with Gasteiger partial charge in [-0.1, -0.05) is 66.7 Å². The lowest BCUT2D eigenvalue weighted by molar-refractivity contribution is 0.873. The molecule has 3 nitrogen and oxygen atoms in total. The highest BCUT2D eigenvalue weighted by molar-refractivity contribution is 7.25. The van der Waals surface area contributed by atoms with Crippen LogP contribution < -0.4 is 0 Å². The van der Waals surface area contributed by atoms with Crippen molar-refractivity contribution in [2.75, 3.05) is 0 Å². The van der Waals surface area contributed by atoms with E-state index >= 15 is 0 Å². The summed E-state index contributed by atoms with van der Waals surface area (Å²) < 4.78 is 7.29. The Hall–Kier alpha value is -4.67. The fourth-order valence-electron chi connectivity index (χ4n) is 6.55. The van der Waals surface area contributed by atoms with Crippen molar-refractivity contribution < 1.29 is 0 Å². The third kappa shape index (κ3) is 2.95. The number of nitrogens with zero attached hydrogens (tertiary/aromatic N) is 3. The number of benzene rings is 4. The van der Waals surface area contributed by atoms with Crippen molar-refractivity contribution in [2.45, 2.75) is 12.8 Å². The summed E-state index contributed by atoms with van der Waals surface area (Å²) in [6.07, 6.45) is 8.74. The molecule has 0 amide bonds. The molecule has 4 heteroatoms. The Balaban J connectivity index is 1.31. The van der Waals surface area contributed by atoms with Gasteiger partial charge in [0.2, 0.25) is 0 Å². The summed E-state index contributed by atoms with van der Waals surface area (Å²) in [5.74, 6) is 0.997. The van der Waals surface area contributed by atoms with Crippen LogP contribution in [0.5, 0.6) is 0 Å². The molecule has 8 aromatic rings. The van der Waals surface area contributed by atoms with E-state index in [0.29, 0.717) is 0 Å². The van der Waals surface area contributed by atoms with Crippen LogP contribution in [0.2, 0.25) is 0 Å². The average molecular weight is 518 g/mol. The zero-order valence-corrected chi connectivity index (χ0v) is 22.0. The van der Waals surface area contributed by atoms with Crippen LogP contribution in [0.3, 0.4) is 0 Å². The van der Waals surface area contributed by atoms with Gasteiger partial charge in [0.05, 0.1) is 21.3 Å². The van der Waals surface area contributed by atoms with Crippen molar-refractivity contribution >= 4 is 70.3 Å². The van der Waals surface area contributed by atoms with Gasteiger partial charge in [-0.25, -0.2) is 4.98 Å². The number of hydrogen-bond donors (Lipinski definition) is 0. The van der Waals surface area contributed by atoms with Crippen LogP contribution in [-0.4, -0.2) is 14.1 Å². The maximum Gasteiger partial charge on any atom is 0.138 e. The quantitative estimate of drug-likeness (QED) is 0.224. The smallest absolute Gasteiger partial charge is 0.138 e. The summed E-state index contributed by atoms with van der Waals surface area (Å²) in [6, 6.07) is 35.3. The molecule has 4 heterocycles. The largest absolute Gasteiger partial charge is 0.309 e. The van der Waals surface area contributed by atoms with Gasteiger partial charge in [-0.05, 0) is 55.3 Å². The molecule has 1 aliphatic carbocycles. The van der Waals surface area contributed by atoms with E-state index in [1.807, 2.05) is 11.3 Å². The number of fused-ring (bicyclic) bond motifs is 9. The number of allylic oxidation sites excluding steroid dienone is 1. The van der Waals surface area contributed by atoms with Crippen molar-refractivity contribution in [3.63, 3.8) is 0 Å². The first-order valence-corrected chi connectivity index (χ1v) is 14.3. The van der Waals surface area contributed by atoms with Gasteiger partial charge < -0.3 is 4.57 Å². The molecule has 0 unspecified atom stereocenters. The molecule has 0 radical (unpaired) electrons. The second-order valence-corrected chi connectivity index (χ2v) is 11.4. The van der Waals surface area contributed by atoms with Gasteiger partial charge in [0.1, 0.15) is 5.82 Å². The Morgan fingerprint density at radius 1 is 0.615 bits per heavy atom. The Morgan fingerprint density at radius 2 is 1.28 bits per heavy atom. The first kappa shape index (κ1) is 21.3. The molecule has 0 aliphatic heterocycles. The molecule has 9 rings (SSSR count). The maximum absolute atomic E-state index is 5.00. The van der Waals surface area contributed by atoms with Crippen LogP contribution in [0.15, 0.2) is 109 Å².